The van der Waals surface area contributed by atoms with Crippen LogP contribution in [0, 0.1) is 0 Å². The van der Waals surface area contributed by atoms with Crippen LogP contribution in [0.1, 0.15) is 12.5 Å². The molecule has 0 amide bonds. The Kier molecular flexibility index (Phi) is 7.15. The molecule has 0 atom stereocenters. The summed E-state index contributed by atoms with van der Waals surface area (Å²) < 4.78 is 10.7. The summed E-state index contributed by atoms with van der Waals surface area (Å²) in [4.78, 5) is 0. The molecule has 2 rings (SSSR count). The minimum atomic E-state index is 0.0149. The first-order valence-corrected chi connectivity index (χ1v) is 8.13. The molecule has 2 aromatic rings. The number of hydrazone groups is 1. The Morgan fingerprint density at radius 1 is 1.23 bits per heavy atom. The van der Waals surface area contributed by atoms with Crippen LogP contribution in [0.4, 0.5) is 11.4 Å². The van der Waals surface area contributed by atoms with Gasteiger partial charge in [-0.1, -0.05) is 12.1 Å². The Hall–Kier alpha value is -2.88. The molecule has 0 spiro atoms. The average molecular weight is 376 g/mol. The zero-order valence-corrected chi connectivity index (χ0v) is 15.2. The van der Waals surface area contributed by atoms with Gasteiger partial charge < -0.3 is 14.8 Å². The van der Waals surface area contributed by atoms with Gasteiger partial charge in [0.1, 0.15) is 11.5 Å². The zero-order chi connectivity index (χ0) is 18.9. The van der Waals surface area contributed by atoms with E-state index in [4.69, 9.17) is 32.1 Å². The first kappa shape index (κ1) is 19.4. The Bertz CT molecular complexity index is 783. The van der Waals surface area contributed by atoms with Crippen LogP contribution in [0.3, 0.4) is 0 Å². The highest BCUT2D eigenvalue weighted by Gasteiger charge is 2.06. The predicted molar refractivity (Wildman–Crippen MR) is 104 cm³/mol. The second kappa shape index (κ2) is 9.56. The van der Waals surface area contributed by atoms with Crippen molar-refractivity contribution < 1.29 is 19.9 Å². The number of ether oxygens (including phenoxy) is 2. The number of nitrogens with one attached hydrogen (secondary N) is 2. The Morgan fingerprint density at radius 2 is 2.00 bits per heavy atom. The molecule has 138 valence electrons. The number of para-hydroxylation sites is 2. The smallest absolute Gasteiger partial charge is 0.191 e. The van der Waals surface area contributed by atoms with Crippen LogP contribution in [0.2, 0.25) is 0 Å². The lowest BCUT2D eigenvalue weighted by Crippen LogP contribution is -2.24. The van der Waals surface area contributed by atoms with Gasteiger partial charge in [-0.2, -0.15) is 5.10 Å². The summed E-state index contributed by atoms with van der Waals surface area (Å²) in [6, 6.07) is 12.0. The molecule has 0 saturated carbocycles. The van der Waals surface area contributed by atoms with Gasteiger partial charge in [0, 0.05) is 5.56 Å². The van der Waals surface area contributed by atoms with Gasteiger partial charge in [-0.3, -0.25) is 15.8 Å². The van der Waals surface area contributed by atoms with Gasteiger partial charge in [0.2, 0.25) is 0 Å². The lowest BCUT2D eigenvalue weighted by Gasteiger charge is -2.12. The normalized spacial score (nSPS) is 10.5. The molecule has 0 aliphatic heterocycles. The van der Waals surface area contributed by atoms with E-state index in [1.165, 1.54) is 25.5 Å². The number of anilines is 2. The number of hydrogen-bond acceptors (Lipinski definition) is 7. The van der Waals surface area contributed by atoms with Gasteiger partial charge in [0.05, 0.1) is 31.3 Å². The van der Waals surface area contributed by atoms with Gasteiger partial charge >= 0.3 is 0 Å². The van der Waals surface area contributed by atoms with Crippen molar-refractivity contribution in [3.8, 4) is 11.5 Å². The second-order valence-corrected chi connectivity index (χ2v) is 5.38. The average Bonchev–Trinajstić information content (AvgIpc) is 2.63. The molecule has 0 heterocycles. The number of rotatable bonds is 7. The minimum absolute atomic E-state index is 0.0149. The highest BCUT2D eigenvalue weighted by atomic mass is 32.1. The molecule has 0 unspecified atom stereocenters. The third-order valence-electron chi connectivity index (χ3n) is 3.25. The molecule has 0 aromatic heterocycles. The molecule has 0 aliphatic rings. The number of benzene rings is 2. The fourth-order valence-corrected chi connectivity index (χ4v) is 2.27. The molecule has 0 saturated heterocycles. The summed E-state index contributed by atoms with van der Waals surface area (Å²) in [7, 11) is 1.51. The molecule has 0 aliphatic carbocycles. The van der Waals surface area contributed by atoms with E-state index in [-0.39, 0.29) is 16.0 Å². The van der Waals surface area contributed by atoms with E-state index in [1.807, 2.05) is 31.2 Å². The Morgan fingerprint density at radius 3 is 2.69 bits per heavy atom. The van der Waals surface area contributed by atoms with E-state index in [2.05, 4.69) is 15.8 Å². The maximum Gasteiger partial charge on any atom is 0.191 e. The van der Waals surface area contributed by atoms with Crippen LogP contribution in [0.25, 0.3) is 0 Å². The molecular weight excluding hydrogens is 356 g/mol. The maximum atomic E-state index is 9.10. The summed E-state index contributed by atoms with van der Waals surface area (Å²) in [5, 5.41) is 25.5. The molecule has 26 heavy (non-hydrogen) atoms. The Labute approximate surface area is 156 Å². The van der Waals surface area contributed by atoms with E-state index >= 15 is 0 Å². The van der Waals surface area contributed by atoms with Crippen LogP contribution in [0.5, 0.6) is 11.5 Å². The van der Waals surface area contributed by atoms with Gasteiger partial charge in [-0.25, -0.2) is 0 Å². The van der Waals surface area contributed by atoms with E-state index in [0.29, 0.717) is 23.7 Å². The van der Waals surface area contributed by atoms with E-state index in [1.54, 1.807) is 6.07 Å². The number of hydrogen-bond donors (Lipinski definition) is 4. The standard InChI is InChI=1S/C17H20N4O4S/c1-3-25-16-7-5-4-6-14(16)19-17(26)20-18-11-12-10-13(21(22)23)8-9-15(12)24-2/h4-11,22-23H,3H2,1-2H3,(H2,19,20,26)/b18-11+. The fraction of sp³-hybridized carbons (Fsp3) is 0.176. The topological polar surface area (TPSA) is 98.6 Å². The summed E-state index contributed by atoms with van der Waals surface area (Å²) in [5.41, 5.74) is 4.11. The van der Waals surface area contributed by atoms with Gasteiger partial charge in [-0.05, 0) is 49.5 Å². The zero-order valence-electron chi connectivity index (χ0n) is 14.3. The van der Waals surface area contributed by atoms with Gasteiger partial charge in [0.15, 0.2) is 5.11 Å². The van der Waals surface area contributed by atoms with Crippen LogP contribution < -0.4 is 25.4 Å². The molecule has 0 fully saturated rings. The first-order chi connectivity index (χ1) is 12.5. The molecular formula is C17H20N4O4S. The first-order valence-electron chi connectivity index (χ1n) is 7.73. The van der Waals surface area contributed by atoms with Crippen molar-refractivity contribution in [2.45, 2.75) is 6.92 Å². The number of nitrogens with zero attached hydrogens (tertiary/aromatic N) is 2. The van der Waals surface area contributed by atoms with Crippen molar-refractivity contribution >= 4 is 34.9 Å². The molecule has 2 aromatic carbocycles. The largest absolute Gasteiger partial charge is 0.496 e. The molecule has 4 N–H and O–H groups in total. The molecule has 9 heteroatoms. The van der Waals surface area contributed by atoms with Crippen LogP contribution in [-0.4, -0.2) is 35.5 Å². The summed E-state index contributed by atoms with van der Waals surface area (Å²) in [6.07, 6.45) is 1.45. The van der Waals surface area contributed by atoms with Crippen molar-refractivity contribution in [2.75, 3.05) is 24.3 Å². The fourth-order valence-electron chi connectivity index (χ4n) is 2.11. The monoisotopic (exact) mass is 376 g/mol. The summed E-state index contributed by atoms with van der Waals surface area (Å²) in [5.74, 6) is 1.20. The number of thiocarbonyl (C=S) groups is 1. The van der Waals surface area contributed by atoms with Crippen molar-refractivity contribution in [2.24, 2.45) is 5.10 Å². The molecule has 8 nitrogen and oxygen atoms in total. The van der Waals surface area contributed by atoms with E-state index in [0.717, 1.165) is 5.69 Å². The third kappa shape index (κ3) is 5.31. The highest BCUT2D eigenvalue weighted by molar-refractivity contribution is 7.80. The van der Waals surface area contributed by atoms with Crippen molar-refractivity contribution in [1.29, 1.82) is 0 Å². The van der Waals surface area contributed by atoms with Gasteiger partial charge in [-0.15, -0.1) is 5.23 Å². The van der Waals surface area contributed by atoms with E-state index < -0.39 is 0 Å². The summed E-state index contributed by atoms with van der Waals surface area (Å²) >= 11 is 5.21. The van der Waals surface area contributed by atoms with Crippen molar-refractivity contribution in [3.05, 3.63) is 48.0 Å². The molecule has 0 radical (unpaired) electrons. The van der Waals surface area contributed by atoms with Crippen LogP contribution >= 0.6 is 12.2 Å². The lowest BCUT2D eigenvalue weighted by atomic mass is 10.2. The number of methoxy groups -OCH3 is 1. The predicted octanol–water partition coefficient (Wildman–Crippen LogP) is 3.00. The third-order valence-corrected chi connectivity index (χ3v) is 3.44. The van der Waals surface area contributed by atoms with Gasteiger partial charge in [0.25, 0.3) is 0 Å². The Balaban J connectivity index is 2.04. The second-order valence-electron chi connectivity index (χ2n) is 4.97. The SMILES string of the molecule is CCOc1ccccc1NC(=S)N/N=C/c1cc(N(O)O)ccc1OC. The molecule has 0 bridgehead atoms. The quantitative estimate of drug-likeness (QED) is 0.333. The maximum absolute atomic E-state index is 9.10. The minimum Gasteiger partial charge on any atom is -0.496 e. The summed E-state index contributed by atoms with van der Waals surface area (Å²) in [6.45, 7) is 2.44. The van der Waals surface area contributed by atoms with Crippen LogP contribution in [0.15, 0.2) is 47.6 Å². The van der Waals surface area contributed by atoms with E-state index in [9.17, 15) is 0 Å². The van der Waals surface area contributed by atoms with Crippen molar-refractivity contribution in [3.63, 3.8) is 0 Å². The van der Waals surface area contributed by atoms with Crippen molar-refractivity contribution in [1.82, 2.24) is 5.43 Å². The van der Waals surface area contributed by atoms with Crippen LogP contribution in [-0.2, 0) is 0 Å². The lowest BCUT2D eigenvalue weighted by molar-refractivity contribution is 0.0291. The highest BCUT2D eigenvalue weighted by Crippen LogP contribution is 2.24.